The summed E-state index contributed by atoms with van der Waals surface area (Å²) in [5.41, 5.74) is 0.813. The van der Waals surface area contributed by atoms with Gasteiger partial charge < -0.3 is 13.9 Å². The predicted octanol–water partition coefficient (Wildman–Crippen LogP) is 4.83. The first kappa shape index (κ1) is 19.0. The monoisotopic (exact) mass is 386 g/mol. The highest BCUT2D eigenvalue weighted by Gasteiger charge is 2.17. The number of hydrogen-bond donors (Lipinski definition) is 0. The minimum Gasteiger partial charge on any atom is -0.482 e. The lowest BCUT2D eigenvalue weighted by Crippen LogP contribution is -2.27. The van der Waals surface area contributed by atoms with E-state index in [1.165, 1.54) is 6.26 Å². The van der Waals surface area contributed by atoms with E-state index in [1.807, 2.05) is 0 Å². The van der Waals surface area contributed by atoms with Crippen LogP contribution in [0.25, 0.3) is 22.1 Å². The van der Waals surface area contributed by atoms with Gasteiger partial charge in [-0.05, 0) is 50.6 Å². The number of halogens is 1. The van der Waals surface area contributed by atoms with E-state index in [-0.39, 0.29) is 12.0 Å². The summed E-state index contributed by atoms with van der Waals surface area (Å²) in [7, 11) is 0. The highest BCUT2D eigenvalue weighted by atomic mass is 35.5. The maximum Gasteiger partial charge on any atom is 0.344 e. The van der Waals surface area contributed by atoms with Crippen LogP contribution in [-0.4, -0.2) is 18.2 Å². The van der Waals surface area contributed by atoms with E-state index >= 15 is 0 Å². The van der Waals surface area contributed by atoms with Crippen molar-refractivity contribution in [2.75, 3.05) is 6.61 Å². The van der Waals surface area contributed by atoms with Gasteiger partial charge in [-0.3, -0.25) is 4.79 Å². The lowest BCUT2D eigenvalue weighted by molar-refractivity contribution is -0.157. The predicted molar refractivity (Wildman–Crippen MR) is 104 cm³/mol. The lowest BCUT2D eigenvalue weighted by Gasteiger charge is -2.19. The van der Waals surface area contributed by atoms with Gasteiger partial charge in [0.05, 0.1) is 10.9 Å². The number of fused-ring (bicyclic) bond motifs is 1. The molecule has 5 nitrogen and oxygen atoms in total. The molecule has 3 rings (SSSR count). The Morgan fingerprint density at radius 3 is 2.48 bits per heavy atom. The van der Waals surface area contributed by atoms with Crippen LogP contribution in [0, 0.1) is 0 Å². The van der Waals surface area contributed by atoms with Crippen molar-refractivity contribution in [3.05, 3.63) is 64.0 Å². The van der Waals surface area contributed by atoms with Crippen LogP contribution in [0.2, 0.25) is 5.02 Å². The first-order valence-electron chi connectivity index (χ1n) is 8.39. The molecule has 1 aromatic heterocycles. The summed E-state index contributed by atoms with van der Waals surface area (Å²) in [6, 6.07) is 11.8. The van der Waals surface area contributed by atoms with Gasteiger partial charge in [-0.1, -0.05) is 23.7 Å². The van der Waals surface area contributed by atoms with E-state index in [0.717, 1.165) is 5.56 Å². The standard InChI is InChI=1S/C21H19ClO5/c1-21(2,3)27-19(23)12-25-15-8-9-16-18(10-15)26-11-17(20(16)24)13-4-6-14(22)7-5-13/h4-11H,12H2,1-3H3. The molecule has 0 amide bonds. The van der Waals surface area contributed by atoms with Crippen LogP contribution in [0.5, 0.6) is 5.75 Å². The van der Waals surface area contributed by atoms with Crippen LogP contribution < -0.4 is 10.2 Å². The van der Waals surface area contributed by atoms with Gasteiger partial charge in [0, 0.05) is 11.1 Å². The van der Waals surface area contributed by atoms with Crippen LogP contribution in [0.15, 0.2) is 57.9 Å². The minimum atomic E-state index is -0.575. The van der Waals surface area contributed by atoms with Gasteiger partial charge in [0.2, 0.25) is 0 Å². The fraction of sp³-hybridized carbons (Fsp3) is 0.238. The summed E-state index contributed by atoms with van der Waals surface area (Å²) >= 11 is 5.89. The molecule has 6 heteroatoms. The summed E-state index contributed by atoms with van der Waals surface area (Å²) < 4.78 is 16.2. The molecule has 0 fully saturated rings. The third-order valence-electron chi connectivity index (χ3n) is 3.68. The molecule has 140 valence electrons. The zero-order valence-corrected chi connectivity index (χ0v) is 16.0. The van der Waals surface area contributed by atoms with E-state index in [2.05, 4.69) is 0 Å². The molecule has 0 aliphatic heterocycles. The van der Waals surface area contributed by atoms with Crippen molar-refractivity contribution in [2.24, 2.45) is 0 Å². The number of ether oxygens (including phenoxy) is 2. The molecule has 0 saturated heterocycles. The minimum absolute atomic E-state index is 0.155. The number of hydrogen-bond acceptors (Lipinski definition) is 5. The third kappa shape index (κ3) is 4.68. The summed E-state index contributed by atoms with van der Waals surface area (Å²) in [4.78, 5) is 24.5. The topological polar surface area (TPSA) is 65.7 Å². The molecule has 0 saturated carbocycles. The lowest BCUT2D eigenvalue weighted by atomic mass is 10.1. The van der Waals surface area contributed by atoms with Crippen LogP contribution in [0.4, 0.5) is 0 Å². The summed E-state index contributed by atoms with van der Waals surface area (Å²) in [6.45, 7) is 5.13. The van der Waals surface area contributed by atoms with Gasteiger partial charge >= 0.3 is 5.97 Å². The fourth-order valence-electron chi connectivity index (χ4n) is 2.54. The Hall–Kier alpha value is -2.79. The van der Waals surface area contributed by atoms with Gasteiger partial charge in [-0.2, -0.15) is 0 Å². The molecule has 3 aromatic rings. The fourth-order valence-corrected chi connectivity index (χ4v) is 2.67. The Balaban J connectivity index is 1.83. The maximum atomic E-state index is 12.7. The van der Waals surface area contributed by atoms with Crippen molar-refractivity contribution < 1.29 is 18.7 Å². The molecule has 27 heavy (non-hydrogen) atoms. The number of rotatable bonds is 4. The van der Waals surface area contributed by atoms with Gasteiger partial charge in [0.15, 0.2) is 12.0 Å². The summed E-state index contributed by atoms with van der Waals surface area (Å²) in [6.07, 6.45) is 1.41. The average molecular weight is 387 g/mol. The van der Waals surface area contributed by atoms with E-state index in [9.17, 15) is 9.59 Å². The molecular formula is C21H19ClO5. The second-order valence-corrected chi connectivity index (χ2v) is 7.45. The third-order valence-corrected chi connectivity index (χ3v) is 3.93. The number of esters is 1. The Morgan fingerprint density at radius 2 is 1.81 bits per heavy atom. The Bertz CT molecular complexity index is 1030. The van der Waals surface area contributed by atoms with Crippen LogP contribution in [0.3, 0.4) is 0 Å². The molecule has 0 N–H and O–H groups in total. The molecule has 0 atom stereocenters. The van der Waals surface area contributed by atoms with Crippen molar-refractivity contribution in [3.63, 3.8) is 0 Å². The van der Waals surface area contributed by atoms with Crippen molar-refractivity contribution in [3.8, 4) is 16.9 Å². The normalized spacial score (nSPS) is 11.4. The van der Waals surface area contributed by atoms with E-state index < -0.39 is 11.6 Å². The first-order valence-corrected chi connectivity index (χ1v) is 8.77. The van der Waals surface area contributed by atoms with E-state index in [1.54, 1.807) is 63.2 Å². The second kappa shape index (κ2) is 7.45. The quantitative estimate of drug-likeness (QED) is 0.600. The molecular weight excluding hydrogens is 368 g/mol. The van der Waals surface area contributed by atoms with Crippen molar-refractivity contribution in [2.45, 2.75) is 26.4 Å². The first-order chi connectivity index (χ1) is 12.7. The molecule has 1 heterocycles. The van der Waals surface area contributed by atoms with Crippen molar-refractivity contribution in [1.82, 2.24) is 0 Å². The maximum absolute atomic E-state index is 12.7. The largest absolute Gasteiger partial charge is 0.482 e. The number of benzene rings is 2. The van der Waals surface area contributed by atoms with Crippen LogP contribution in [-0.2, 0) is 9.53 Å². The Kier molecular flexibility index (Phi) is 5.24. The Labute approximate surface area is 161 Å². The van der Waals surface area contributed by atoms with Crippen molar-refractivity contribution in [1.29, 1.82) is 0 Å². The molecule has 0 aliphatic rings. The highest BCUT2D eigenvalue weighted by Crippen LogP contribution is 2.24. The SMILES string of the molecule is CC(C)(C)OC(=O)COc1ccc2c(=O)c(-c3ccc(Cl)cc3)coc2c1. The highest BCUT2D eigenvalue weighted by molar-refractivity contribution is 6.30. The van der Waals surface area contributed by atoms with Gasteiger partial charge in [-0.25, -0.2) is 4.79 Å². The zero-order chi connectivity index (χ0) is 19.6. The Morgan fingerprint density at radius 1 is 1.11 bits per heavy atom. The molecule has 0 bridgehead atoms. The van der Waals surface area contributed by atoms with Gasteiger partial charge in [0.25, 0.3) is 0 Å². The van der Waals surface area contributed by atoms with Crippen LogP contribution in [0.1, 0.15) is 20.8 Å². The number of carbonyl (C=O) groups excluding carboxylic acids is 1. The van der Waals surface area contributed by atoms with E-state index in [4.69, 9.17) is 25.5 Å². The van der Waals surface area contributed by atoms with Crippen molar-refractivity contribution >= 4 is 28.5 Å². The molecule has 0 spiro atoms. The molecule has 0 radical (unpaired) electrons. The molecule has 2 aromatic carbocycles. The van der Waals surface area contributed by atoms with Crippen LogP contribution >= 0.6 is 11.6 Å². The van der Waals surface area contributed by atoms with Gasteiger partial charge in [0.1, 0.15) is 23.2 Å². The summed E-state index contributed by atoms with van der Waals surface area (Å²) in [5.74, 6) is -0.0575. The average Bonchev–Trinajstić information content (AvgIpc) is 2.60. The second-order valence-electron chi connectivity index (χ2n) is 7.02. The molecule has 0 aliphatic carbocycles. The van der Waals surface area contributed by atoms with E-state index in [0.29, 0.717) is 27.3 Å². The summed E-state index contributed by atoms with van der Waals surface area (Å²) in [5, 5.41) is 1.02. The number of carbonyl (C=O) groups is 1. The van der Waals surface area contributed by atoms with Gasteiger partial charge in [-0.15, -0.1) is 0 Å². The zero-order valence-electron chi connectivity index (χ0n) is 15.2. The smallest absolute Gasteiger partial charge is 0.344 e. The molecule has 0 unspecified atom stereocenters.